The van der Waals surface area contributed by atoms with Crippen molar-refractivity contribution in [3.63, 3.8) is 0 Å². The summed E-state index contributed by atoms with van der Waals surface area (Å²) in [6, 6.07) is -1.57. The van der Waals surface area contributed by atoms with E-state index in [2.05, 4.69) is 16.0 Å². The van der Waals surface area contributed by atoms with E-state index in [0.717, 1.165) is 0 Å². The Balaban J connectivity index is 4.64. The third-order valence-corrected chi connectivity index (χ3v) is 4.29. The van der Waals surface area contributed by atoms with E-state index in [4.69, 9.17) is 5.11 Å². The molecule has 0 aromatic heterocycles. The predicted octanol–water partition coefficient (Wildman–Crippen LogP) is 0.474. The van der Waals surface area contributed by atoms with Crippen LogP contribution in [0.15, 0.2) is 0 Å². The highest BCUT2D eigenvalue weighted by Crippen LogP contribution is 2.28. The van der Waals surface area contributed by atoms with Crippen molar-refractivity contribution in [3.8, 4) is 0 Å². The lowest BCUT2D eigenvalue weighted by molar-refractivity contribution is -0.143. The fourth-order valence-corrected chi connectivity index (χ4v) is 2.52. The number of nitrogens with one attached hydrogen (secondary N) is 3. The standard InChI is InChI=1S/C19H33N3O6/c1-10(2)16(26)11(3)22-17(27)12(4)21-14(23)9-20-18(28)13(8-15(24)25)19(5,6)7/h10-13H,8-9H2,1-7H3,(H,20,28)(H,21,23)(H,22,27)(H,24,25)/t11-,12-,13?/m0/s1. The van der Waals surface area contributed by atoms with Gasteiger partial charge in [-0.25, -0.2) is 0 Å². The summed E-state index contributed by atoms with van der Waals surface area (Å²) in [5, 5.41) is 16.4. The predicted molar refractivity (Wildman–Crippen MR) is 103 cm³/mol. The summed E-state index contributed by atoms with van der Waals surface area (Å²) in [4.78, 5) is 59.1. The molecule has 1 unspecified atom stereocenters. The molecule has 0 radical (unpaired) electrons. The minimum atomic E-state index is -1.10. The van der Waals surface area contributed by atoms with Crippen molar-refractivity contribution < 1.29 is 29.1 Å². The molecule has 0 aliphatic carbocycles. The summed E-state index contributed by atoms with van der Waals surface area (Å²) in [5.74, 6) is -3.90. The van der Waals surface area contributed by atoms with Crippen molar-refractivity contribution in [2.45, 2.75) is 67.0 Å². The zero-order valence-corrected chi connectivity index (χ0v) is 17.7. The van der Waals surface area contributed by atoms with Crippen LogP contribution in [0.1, 0.15) is 54.9 Å². The Bertz CT molecular complexity index is 609. The first-order valence-electron chi connectivity index (χ1n) is 9.29. The number of ketones is 1. The second kappa shape index (κ2) is 10.8. The van der Waals surface area contributed by atoms with Crippen LogP contribution in [0.3, 0.4) is 0 Å². The third-order valence-electron chi connectivity index (χ3n) is 4.29. The van der Waals surface area contributed by atoms with Crippen LogP contribution < -0.4 is 16.0 Å². The summed E-state index contributed by atoms with van der Waals surface area (Å²) in [5.41, 5.74) is -0.592. The van der Waals surface area contributed by atoms with E-state index in [9.17, 15) is 24.0 Å². The van der Waals surface area contributed by atoms with Gasteiger partial charge in [0, 0.05) is 5.92 Å². The van der Waals surface area contributed by atoms with Crippen LogP contribution >= 0.6 is 0 Å². The van der Waals surface area contributed by atoms with Gasteiger partial charge in [-0.3, -0.25) is 24.0 Å². The third kappa shape index (κ3) is 8.96. The van der Waals surface area contributed by atoms with Crippen LogP contribution in [-0.4, -0.2) is 53.2 Å². The molecule has 4 N–H and O–H groups in total. The van der Waals surface area contributed by atoms with Crippen LogP contribution in [0.25, 0.3) is 0 Å². The summed E-state index contributed by atoms with van der Waals surface area (Å²) in [6.07, 6.45) is -0.350. The number of Topliss-reactive ketones (excluding diaryl/α,β-unsaturated/α-hetero) is 1. The van der Waals surface area contributed by atoms with Crippen molar-refractivity contribution in [1.82, 2.24) is 16.0 Å². The van der Waals surface area contributed by atoms with Crippen LogP contribution in [0.5, 0.6) is 0 Å². The number of carboxylic acids is 1. The molecule has 160 valence electrons. The molecule has 9 nitrogen and oxygen atoms in total. The van der Waals surface area contributed by atoms with Gasteiger partial charge in [0.25, 0.3) is 0 Å². The minimum Gasteiger partial charge on any atom is -0.481 e. The normalized spacial score (nSPS) is 14.6. The number of aliphatic carboxylic acids is 1. The molecule has 3 atom stereocenters. The van der Waals surface area contributed by atoms with E-state index in [0.29, 0.717) is 0 Å². The second-order valence-corrected chi connectivity index (χ2v) is 8.31. The number of carbonyl (C=O) groups excluding carboxylic acids is 4. The van der Waals surface area contributed by atoms with Gasteiger partial charge in [-0.15, -0.1) is 0 Å². The van der Waals surface area contributed by atoms with Crippen LogP contribution in [0.2, 0.25) is 0 Å². The Hall–Kier alpha value is -2.45. The Morgan fingerprint density at radius 2 is 1.39 bits per heavy atom. The Morgan fingerprint density at radius 1 is 0.857 bits per heavy atom. The van der Waals surface area contributed by atoms with Gasteiger partial charge in [-0.05, 0) is 19.3 Å². The van der Waals surface area contributed by atoms with Gasteiger partial charge >= 0.3 is 5.97 Å². The quantitative estimate of drug-likeness (QED) is 0.421. The van der Waals surface area contributed by atoms with Gasteiger partial charge < -0.3 is 21.1 Å². The Kier molecular flexibility index (Phi) is 9.83. The average molecular weight is 399 g/mol. The molecule has 3 amide bonds. The molecule has 0 saturated carbocycles. The maximum Gasteiger partial charge on any atom is 0.304 e. The lowest BCUT2D eigenvalue weighted by atomic mass is 9.78. The molecule has 0 aliphatic heterocycles. The molecule has 0 spiro atoms. The molecular weight excluding hydrogens is 366 g/mol. The molecule has 0 rings (SSSR count). The van der Waals surface area contributed by atoms with E-state index in [1.165, 1.54) is 6.92 Å². The summed E-state index contributed by atoms with van der Waals surface area (Å²) in [7, 11) is 0. The highest BCUT2D eigenvalue weighted by atomic mass is 16.4. The van der Waals surface area contributed by atoms with Crippen LogP contribution in [0.4, 0.5) is 0 Å². The first kappa shape index (κ1) is 25.6. The van der Waals surface area contributed by atoms with Gasteiger partial charge in [0.2, 0.25) is 17.7 Å². The van der Waals surface area contributed by atoms with Gasteiger partial charge in [-0.2, -0.15) is 0 Å². The Labute approximate surface area is 166 Å². The maximum absolute atomic E-state index is 12.3. The topological polar surface area (TPSA) is 142 Å². The highest BCUT2D eigenvalue weighted by molar-refractivity contribution is 5.94. The first-order chi connectivity index (χ1) is 12.7. The van der Waals surface area contributed by atoms with Gasteiger partial charge in [0.1, 0.15) is 6.04 Å². The van der Waals surface area contributed by atoms with Gasteiger partial charge in [-0.1, -0.05) is 34.6 Å². The molecule has 28 heavy (non-hydrogen) atoms. The van der Waals surface area contributed by atoms with Crippen molar-refractivity contribution in [2.24, 2.45) is 17.3 Å². The molecule has 0 aliphatic rings. The molecule has 0 aromatic carbocycles. The van der Waals surface area contributed by atoms with E-state index in [1.54, 1.807) is 41.5 Å². The zero-order valence-electron chi connectivity index (χ0n) is 17.7. The number of hydrogen-bond donors (Lipinski definition) is 4. The van der Waals surface area contributed by atoms with Crippen LogP contribution in [0, 0.1) is 17.3 Å². The lowest BCUT2D eigenvalue weighted by Gasteiger charge is -2.28. The largest absolute Gasteiger partial charge is 0.481 e. The number of carboxylic acid groups (broad SMARTS) is 1. The van der Waals surface area contributed by atoms with Crippen molar-refractivity contribution in [1.29, 1.82) is 0 Å². The van der Waals surface area contributed by atoms with E-state index >= 15 is 0 Å². The van der Waals surface area contributed by atoms with E-state index in [-0.39, 0.29) is 24.7 Å². The summed E-state index contributed by atoms with van der Waals surface area (Å²) >= 11 is 0. The maximum atomic E-state index is 12.3. The smallest absolute Gasteiger partial charge is 0.304 e. The fraction of sp³-hybridized carbons (Fsp3) is 0.737. The molecule has 9 heteroatoms. The van der Waals surface area contributed by atoms with Gasteiger partial charge in [0.15, 0.2) is 5.78 Å². The number of carbonyl (C=O) groups is 5. The number of hydrogen-bond acceptors (Lipinski definition) is 5. The van der Waals surface area contributed by atoms with Crippen molar-refractivity contribution >= 4 is 29.5 Å². The monoisotopic (exact) mass is 399 g/mol. The van der Waals surface area contributed by atoms with E-state index < -0.39 is 47.1 Å². The first-order valence-corrected chi connectivity index (χ1v) is 9.29. The zero-order chi connectivity index (χ0) is 22.2. The molecule has 0 bridgehead atoms. The number of rotatable bonds is 10. The molecule has 0 heterocycles. The molecular formula is C19H33N3O6. The molecule has 0 saturated heterocycles. The highest BCUT2D eigenvalue weighted by Gasteiger charge is 2.33. The van der Waals surface area contributed by atoms with Gasteiger partial charge in [0.05, 0.1) is 24.9 Å². The Morgan fingerprint density at radius 3 is 1.82 bits per heavy atom. The molecule has 0 aromatic rings. The van der Waals surface area contributed by atoms with Crippen molar-refractivity contribution in [2.75, 3.05) is 6.54 Å². The summed E-state index contributed by atoms with van der Waals surface area (Å²) in [6.45, 7) is 11.3. The summed E-state index contributed by atoms with van der Waals surface area (Å²) < 4.78 is 0. The van der Waals surface area contributed by atoms with Crippen LogP contribution in [-0.2, 0) is 24.0 Å². The second-order valence-electron chi connectivity index (χ2n) is 8.31. The molecule has 0 fully saturated rings. The SMILES string of the molecule is CC(C)C(=O)[C@H](C)NC(=O)[C@H](C)NC(=O)CNC(=O)C(CC(=O)O)C(C)(C)C. The minimum absolute atomic E-state index is 0.120. The van der Waals surface area contributed by atoms with Crippen molar-refractivity contribution in [3.05, 3.63) is 0 Å². The lowest BCUT2D eigenvalue weighted by Crippen LogP contribution is -2.52. The fourth-order valence-electron chi connectivity index (χ4n) is 2.52. The average Bonchev–Trinajstić information content (AvgIpc) is 2.55. The number of amides is 3. The van der Waals surface area contributed by atoms with E-state index in [1.807, 2.05) is 0 Å².